The van der Waals surface area contributed by atoms with Crippen LogP contribution in [-0.2, 0) is 19.1 Å². The van der Waals surface area contributed by atoms with Crippen LogP contribution in [0, 0.1) is 5.92 Å². The maximum Gasteiger partial charge on any atom is 0.397 e. The molecule has 8 heteroatoms. The maximum atomic E-state index is 13.0. The lowest BCUT2D eigenvalue weighted by molar-refractivity contribution is -0.164. The van der Waals surface area contributed by atoms with Crippen LogP contribution in [0.5, 0.6) is 0 Å². The average molecular weight is 333 g/mol. The minimum Gasteiger partial charge on any atom is -0.462 e. The van der Waals surface area contributed by atoms with E-state index in [2.05, 4.69) is 5.32 Å². The molecule has 0 radical (unpaired) electrons. The number of hydrogen-bond acceptors (Lipinski definition) is 5. The van der Waals surface area contributed by atoms with Crippen LogP contribution in [0.3, 0.4) is 0 Å². The van der Waals surface area contributed by atoms with Crippen molar-refractivity contribution in [2.45, 2.75) is 26.4 Å². The topological polar surface area (TPSA) is 64.6 Å². The summed E-state index contributed by atoms with van der Waals surface area (Å²) in [7, 11) is 0. The zero-order chi connectivity index (χ0) is 17.5. The van der Waals surface area contributed by atoms with E-state index in [4.69, 9.17) is 9.47 Å². The number of halogens is 3. The summed E-state index contributed by atoms with van der Waals surface area (Å²) in [4.78, 5) is 23.4. The molecule has 1 atom stereocenters. The summed E-state index contributed by atoms with van der Waals surface area (Å²) in [6.45, 7) is 3.13. The zero-order valence-electron chi connectivity index (χ0n) is 12.8. The SMILES string of the molecule is CCOC(=O)C(=CNC1=CC=CC[C@H]1C(F)(F)F)C(=O)OCC. The first-order valence-corrected chi connectivity index (χ1v) is 7.05. The molecule has 1 rings (SSSR count). The second-order valence-electron chi connectivity index (χ2n) is 4.52. The molecule has 5 nitrogen and oxygen atoms in total. The van der Waals surface area contributed by atoms with E-state index >= 15 is 0 Å². The highest BCUT2D eigenvalue weighted by atomic mass is 19.4. The molecule has 1 N–H and O–H groups in total. The number of hydrogen-bond donors (Lipinski definition) is 1. The Balaban J connectivity index is 2.98. The van der Waals surface area contributed by atoms with Crippen molar-refractivity contribution < 1.29 is 32.2 Å². The molecular weight excluding hydrogens is 315 g/mol. The van der Waals surface area contributed by atoms with Crippen molar-refractivity contribution in [1.29, 1.82) is 0 Å². The first-order chi connectivity index (χ1) is 10.8. The number of allylic oxidation sites excluding steroid dienone is 4. The molecule has 0 bridgehead atoms. The molecule has 0 heterocycles. The van der Waals surface area contributed by atoms with E-state index in [0.717, 1.165) is 6.20 Å². The molecule has 0 saturated heterocycles. The Morgan fingerprint density at radius 1 is 1.26 bits per heavy atom. The van der Waals surface area contributed by atoms with Gasteiger partial charge >= 0.3 is 18.1 Å². The van der Waals surface area contributed by atoms with Gasteiger partial charge in [0.15, 0.2) is 5.57 Å². The number of carbonyl (C=O) groups excluding carboxylic acids is 2. The Morgan fingerprint density at radius 2 is 1.83 bits per heavy atom. The van der Waals surface area contributed by atoms with Crippen molar-refractivity contribution in [2.75, 3.05) is 13.2 Å². The fraction of sp³-hybridized carbons (Fsp3) is 0.467. The van der Waals surface area contributed by atoms with Crippen LogP contribution in [0.25, 0.3) is 0 Å². The molecule has 0 unspecified atom stereocenters. The van der Waals surface area contributed by atoms with Gasteiger partial charge in [0.25, 0.3) is 0 Å². The molecule has 23 heavy (non-hydrogen) atoms. The number of carbonyl (C=O) groups is 2. The molecule has 0 aromatic heterocycles. The first kappa shape index (κ1) is 18.8. The van der Waals surface area contributed by atoms with E-state index in [1.807, 2.05) is 0 Å². The molecule has 0 amide bonds. The number of ether oxygens (including phenoxy) is 2. The molecule has 1 aliphatic carbocycles. The van der Waals surface area contributed by atoms with Crippen LogP contribution in [0.4, 0.5) is 13.2 Å². The molecule has 0 spiro atoms. The van der Waals surface area contributed by atoms with Crippen LogP contribution in [0.1, 0.15) is 20.3 Å². The van der Waals surface area contributed by atoms with Crippen molar-refractivity contribution in [3.63, 3.8) is 0 Å². The average Bonchev–Trinajstić information content (AvgIpc) is 2.47. The van der Waals surface area contributed by atoms with E-state index in [1.165, 1.54) is 18.2 Å². The van der Waals surface area contributed by atoms with Gasteiger partial charge in [0.2, 0.25) is 0 Å². The van der Waals surface area contributed by atoms with Gasteiger partial charge in [-0.05, 0) is 26.3 Å². The number of nitrogens with one attached hydrogen (secondary N) is 1. The summed E-state index contributed by atoms with van der Waals surface area (Å²) >= 11 is 0. The largest absolute Gasteiger partial charge is 0.462 e. The van der Waals surface area contributed by atoms with Gasteiger partial charge in [-0.25, -0.2) is 9.59 Å². The minimum absolute atomic E-state index is 0.0200. The minimum atomic E-state index is -4.44. The van der Waals surface area contributed by atoms with Gasteiger partial charge in [0.05, 0.1) is 19.1 Å². The predicted molar refractivity (Wildman–Crippen MR) is 75.9 cm³/mol. The normalized spacial score (nSPS) is 17.1. The van der Waals surface area contributed by atoms with Gasteiger partial charge < -0.3 is 14.8 Å². The van der Waals surface area contributed by atoms with Crippen molar-refractivity contribution in [3.05, 3.63) is 35.7 Å². The Hall–Kier alpha value is -2.25. The predicted octanol–water partition coefficient (Wildman–Crippen LogP) is 2.61. The zero-order valence-corrected chi connectivity index (χ0v) is 12.8. The van der Waals surface area contributed by atoms with E-state index in [1.54, 1.807) is 13.8 Å². The van der Waals surface area contributed by atoms with Crippen molar-refractivity contribution >= 4 is 11.9 Å². The third-order valence-electron chi connectivity index (χ3n) is 2.93. The summed E-state index contributed by atoms with van der Waals surface area (Å²) in [6.07, 6.45) is 0.332. The molecule has 0 aromatic carbocycles. The lowest BCUT2D eigenvalue weighted by atomic mass is 9.96. The lowest BCUT2D eigenvalue weighted by Crippen LogP contribution is -2.31. The van der Waals surface area contributed by atoms with Gasteiger partial charge in [-0.2, -0.15) is 13.2 Å². The van der Waals surface area contributed by atoms with Crippen LogP contribution >= 0.6 is 0 Å². The fourth-order valence-corrected chi connectivity index (χ4v) is 1.86. The van der Waals surface area contributed by atoms with Gasteiger partial charge in [0, 0.05) is 11.9 Å². The second kappa shape index (κ2) is 8.40. The van der Waals surface area contributed by atoms with E-state index in [-0.39, 0.29) is 25.3 Å². The standard InChI is InChI=1S/C15H18F3NO4/c1-3-22-13(20)10(14(21)23-4-2)9-19-12-8-6-5-7-11(12)15(16,17)18/h5-6,8-9,11,19H,3-4,7H2,1-2H3/t11-/m1/s1. The van der Waals surface area contributed by atoms with Crippen molar-refractivity contribution in [3.8, 4) is 0 Å². The number of esters is 2. The van der Waals surface area contributed by atoms with Gasteiger partial charge in [-0.1, -0.05) is 12.2 Å². The molecule has 1 aliphatic rings. The van der Waals surface area contributed by atoms with E-state index in [0.29, 0.717) is 0 Å². The quantitative estimate of drug-likeness (QED) is 0.350. The highest BCUT2D eigenvalue weighted by molar-refractivity contribution is 6.13. The molecule has 0 saturated carbocycles. The van der Waals surface area contributed by atoms with Crippen LogP contribution in [0.15, 0.2) is 35.7 Å². The Morgan fingerprint density at radius 3 is 2.30 bits per heavy atom. The summed E-state index contributed by atoms with van der Waals surface area (Å²) in [6, 6.07) is 0. The smallest absolute Gasteiger partial charge is 0.397 e. The van der Waals surface area contributed by atoms with Gasteiger partial charge in [-0.15, -0.1) is 0 Å². The summed E-state index contributed by atoms with van der Waals surface area (Å²) in [5.41, 5.74) is -0.656. The summed E-state index contributed by atoms with van der Waals surface area (Å²) in [5, 5.41) is 2.38. The molecular formula is C15H18F3NO4. The van der Waals surface area contributed by atoms with Gasteiger partial charge in [0.1, 0.15) is 0 Å². The fourth-order valence-electron chi connectivity index (χ4n) is 1.86. The van der Waals surface area contributed by atoms with E-state index in [9.17, 15) is 22.8 Å². The highest BCUT2D eigenvalue weighted by Crippen LogP contribution is 2.35. The maximum absolute atomic E-state index is 13.0. The Labute approximate surface area is 131 Å². The molecule has 0 fully saturated rings. The summed E-state index contributed by atoms with van der Waals surface area (Å²) < 4.78 is 48.3. The Kier molecular flexibility index (Phi) is 6.87. The number of rotatable bonds is 6. The van der Waals surface area contributed by atoms with Crippen LogP contribution < -0.4 is 5.32 Å². The van der Waals surface area contributed by atoms with Crippen LogP contribution in [-0.4, -0.2) is 31.3 Å². The lowest BCUT2D eigenvalue weighted by Gasteiger charge is -2.24. The second-order valence-corrected chi connectivity index (χ2v) is 4.52. The number of alkyl halides is 3. The molecule has 128 valence electrons. The van der Waals surface area contributed by atoms with E-state index < -0.39 is 29.6 Å². The van der Waals surface area contributed by atoms with Gasteiger partial charge in [-0.3, -0.25) is 0 Å². The third-order valence-corrected chi connectivity index (χ3v) is 2.93. The molecule has 0 aromatic rings. The highest BCUT2D eigenvalue weighted by Gasteiger charge is 2.41. The first-order valence-electron chi connectivity index (χ1n) is 7.05. The third kappa shape index (κ3) is 5.46. The Bertz CT molecular complexity index is 515. The monoisotopic (exact) mass is 333 g/mol. The van der Waals surface area contributed by atoms with Crippen LogP contribution in [0.2, 0.25) is 0 Å². The summed E-state index contributed by atoms with van der Waals surface area (Å²) in [5.74, 6) is -3.66. The molecule has 0 aliphatic heterocycles. The van der Waals surface area contributed by atoms with Crippen molar-refractivity contribution in [1.82, 2.24) is 5.32 Å². The van der Waals surface area contributed by atoms with Crippen molar-refractivity contribution in [2.24, 2.45) is 5.92 Å².